The molecule has 2 rings (SSSR count). The minimum atomic E-state index is -0.647. The van der Waals surface area contributed by atoms with Crippen molar-refractivity contribution in [2.75, 3.05) is 37.7 Å². The smallest absolute Gasteiger partial charge is 0.312 e. The molecule has 106 valence electrons. The second kappa shape index (κ2) is 5.60. The van der Waals surface area contributed by atoms with Crippen LogP contribution in [0.25, 0.3) is 0 Å². The minimum Gasteiger partial charge on any atom is -0.399 e. The molecule has 1 aromatic rings. The molecule has 0 spiro atoms. The number of rotatable bonds is 3. The zero-order chi connectivity index (χ0) is 14.7. The molecule has 0 aliphatic carbocycles. The highest BCUT2D eigenvalue weighted by Crippen LogP contribution is 2.10. The number of anilines is 2. The van der Waals surface area contributed by atoms with Crippen LogP contribution in [-0.4, -0.2) is 54.2 Å². The van der Waals surface area contributed by atoms with E-state index in [4.69, 9.17) is 5.73 Å². The summed E-state index contributed by atoms with van der Waals surface area (Å²) in [5, 5.41) is 2.65. The summed E-state index contributed by atoms with van der Waals surface area (Å²) in [7, 11) is 1.56. The number of hydrogen-bond acceptors (Lipinski definition) is 4. The topological polar surface area (TPSA) is 95.7 Å². The van der Waals surface area contributed by atoms with Gasteiger partial charge in [0.05, 0.1) is 0 Å². The molecular weight excluding hydrogens is 260 g/mol. The molecule has 0 saturated carbocycles. The van der Waals surface area contributed by atoms with Crippen LogP contribution in [-0.2, 0) is 14.4 Å². The van der Waals surface area contributed by atoms with Crippen LogP contribution in [0.1, 0.15) is 0 Å². The Balaban J connectivity index is 1.93. The monoisotopic (exact) mass is 276 g/mol. The summed E-state index contributed by atoms with van der Waals surface area (Å²) in [6, 6.07) is 6.68. The zero-order valence-corrected chi connectivity index (χ0v) is 11.1. The predicted octanol–water partition coefficient (Wildman–Crippen LogP) is -0.492. The van der Waals surface area contributed by atoms with E-state index in [-0.39, 0.29) is 12.5 Å². The number of likely N-dealkylation sites (N-methyl/N-ethyl adjacent to an activating group) is 1. The van der Waals surface area contributed by atoms with Crippen LogP contribution < -0.4 is 11.1 Å². The predicted molar refractivity (Wildman–Crippen MR) is 73.7 cm³/mol. The van der Waals surface area contributed by atoms with E-state index >= 15 is 0 Å². The normalized spacial score (nSPS) is 15.4. The fraction of sp³-hybridized carbons (Fsp3) is 0.308. The second-order valence-electron chi connectivity index (χ2n) is 4.62. The summed E-state index contributed by atoms with van der Waals surface area (Å²) in [6.45, 7) is 0.652. The molecule has 20 heavy (non-hydrogen) atoms. The summed E-state index contributed by atoms with van der Waals surface area (Å²) >= 11 is 0. The highest BCUT2D eigenvalue weighted by atomic mass is 16.2. The summed E-state index contributed by atoms with van der Waals surface area (Å²) in [5.41, 5.74) is 6.74. The molecular formula is C13H16N4O3. The Morgan fingerprint density at radius 3 is 2.50 bits per heavy atom. The van der Waals surface area contributed by atoms with Gasteiger partial charge in [0.1, 0.15) is 6.54 Å². The maximum absolute atomic E-state index is 11.8. The number of nitrogens with one attached hydrogen (secondary N) is 1. The van der Waals surface area contributed by atoms with Crippen LogP contribution >= 0.6 is 0 Å². The first-order valence-corrected chi connectivity index (χ1v) is 6.17. The number of nitrogen functional groups attached to an aromatic ring is 1. The molecule has 0 atom stereocenters. The fourth-order valence-corrected chi connectivity index (χ4v) is 1.86. The highest BCUT2D eigenvalue weighted by molar-refractivity contribution is 6.35. The maximum Gasteiger partial charge on any atom is 0.312 e. The number of piperazine rings is 1. The van der Waals surface area contributed by atoms with Gasteiger partial charge in [0.15, 0.2) is 0 Å². The molecule has 7 heteroatoms. The Hall–Kier alpha value is -2.57. The average Bonchev–Trinajstić information content (AvgIpc) is 2.42. The average molecular weight is 276 g/mol. The summed E-state index contributed by atoms with van der Waals surface area (Å²) in [6.07, 6.45) is 0. The van der Waals surface area contributed by atoms with Crippen molar-refractivity contribution in [3.63, 3.8) is 0 Å². The first kappa shape index (κ1) is 13.9. The number of carbonyl (C=O) groups excluding carboxylic acids is 3. The lowest BCUT2D eigenvalue weighted by Gasteiger charge is -2.30. The van der Waals surface area contributed by atoms with Crippen LogP contribution in [0.4, 0.5) is 11.4 Å². The summed E-state index contributed by atoms with van der Waals surface area (Å²) in [5.74, 6) is -1.58. The van der Waals surface area contributed by atoms with Crippen molar-refractivity contribution >= 4 is 29.1 Å². The maximum atomic E-state index is 11.8. The Kier molecular flexibility index (Phi) is 3.88. The van der Waals surface area contributed by atoms with Gasteiger partial charge < -0.3 is 20.9 Å². The van der Waals surface area contributed by atoms with Crippen molar-refractivity contribution in [3.8, 4) is 0 Å². The van der Waals surface area contributed by atoms with E-state index in [1.165, 1.54) is 9.80 Å². The van der Waals surface area contributed by atoms with Gasteiger partial charge in [-0.05, 0) is 24.3 Å². The third-order valence-corrected chi connectivity index (χ3v) is 3.05. The van der Waals surface area contributed by atoms with E-state index in [0.29, 0.717) is 24.5 Å². The van der Waals surface area contributed by atoms with Crippen molar-refractivity contribution in [3.05, 3.63) is 24.3 Å². The molecule has 3 amide bonds. The van der Waals surface area contributed by atoms with E-state index < -0.39 is 11.8 Å². The van der Waals surface area contributed by atoms with E-state index in [9.17, 15) is 14.4 Å². The van der Waals surface area contributed by atoms with E-state index in [2.05, 4.69) is 5.32 Å². The Morgan fingerprint density at radius 1 is 1.20 bits per heavy atom. The molecule has 3 N–H and O–H groups in total. The largest absolute Gasteiger partial charge is 0.399 e. The van der Waals surface area contributed by atoms with Crippen molar-refractivity contribution in [1.82, 2.24) is 9.80 Å². The van der Waals surface area contributed by atoms with E-state index in [1.54, 1.807) is 31.3 Å². The van der Waals surface area contributed by atoms with Crippen molar-refractivity contribution in [2.24, 2.45) is 0 Å². The summed E-state index contributed by atoms with van der Waals surface area (Å²) < 4.78 is 0. The van der Waals surface area contributed by atoms with Crippen molar-refractivity contribution in [2.45, 2.75) is 0 Å². The second-order valence-corrected chi connectivity index (χ2v) is 4.62. The molecule has 1 aliphatic rings. The van der Waals surface area contributed by atoms with Gasteiger partial charge in [0.2, 0.25) is 5.91 Å². The quantitative estimate of drug-likeness (QED) is 0.575. The lowest BCUT2D eigenvalue weighted by Crippen LogP contribution is -2.54. The number of carbonyl (C=O) groups is 3. The van der Waals surface area contributed by atoms with Gasteiger partial charge in [-0.25, -0.2) is 0 Å². The standard InChI is InChI=1S/C13H16N4O3/c1-16-6-7-17(13(20)12(16)19)8-11(18)15-10-4-2-9(14)3-5-10/h2-5H,6-8,14H2,1H3,(H,15,18). The molecule has 7 nitrogen and oxygen atoms in total. The number of nitrogens with two attached hydrogens (primary N) is 1. The number of hydrogen-bond donors (Lipinski definition) is 2. The molecule has 0 unspecified atom stereocenters. The van der Waals surface area contributed by atoms with E-state index in [1.807, 2.05) is 0 Å². The Labute approximate surface area is 116 Å². The first-order chi connectivity index (χ1) is 9.47. The molecule has 0 bridgehead atoms. The van der Waals surface area contributed by atoms with Gasteiger partial charge in [-0.2, -0.15) is 0 Å². The highest BCUT2D eigenvalue weighted by Gasteiger charge is 2.31. The van der Waals surface area contributed by atoms with E-state index in [0.717, 1.165) is 0 Å². The van der Waals surface area contributed by atoms with Crippen LogP contribution in [0.2, 0.25) is 0 Å². The van der Waals surface area contributed by atoms with Gasteiger partial charge in [-0.3, -0.25) is 14.4 Å². The van der Waals surface area contributed by atoms with Gasteiger partial charge >= 0.3 is 11.8 Å². The molecule has 1 heterocycles. The van der Waals surface area contributed by atoms with Crippen molar-refractivity contribution in [1.29, 1.82) is 0 Å². The number of benzene rings is 1. The lowest BCUT2D eigenvalue weighted by atomic mass is 10.2. The van der Waals surface area contributed by atoms with Crippen molar-refractivity contribution < 1.29 is 14.4 Å². The third-order valence-electron chi connectivity index (χ3n) is 3.05. The van der Waals surface area contributed by atoms with Crippen LogP contribution in [0.3, 0.4) is 0 Å². The number of nitrogens with zero attached hydrogens (tertiary/aromatic N) is 2. The molecule has 1 aliphatic heterocycles. The zero-order valence-electron chi connectivity index (χ0n) is 11.1. The lowest BCUT2D eigenvalue weighted by molar-refractivity contribution is -0.155. The van der Waals surface area contributed by atoms with Crippen LogP contribution in [0.5, 0.6) is 0 Å². The Morgan fingerprint density at radius 2 is 1.85 bits per heavy atom. The fourth-order valence-electron chi connectivity index (χ4n) is 1.86. The molecule has 1 aromatic carbocycles. The first-order valence-electron chi connectivity index (χ1n) is 6.17. The summed E-state index contributed by atoms with van der Waals surface area (Å²) in [4.78, 5) is 37.6. The minimum absolute atomic E-state index is 0.136. The van der Waals surface area contributed by atoms with Crippen LogP contribution in [0.15, 0.2) is 24.3 Å². The molecule has 0 radical (unpaired) electrons. The van der Waals surface area contributed by atoms with Gasteiger partial charge in [-0.15, -0.1) is 0 Å². The number of amides is 3. The van der Waals surface area contributed by atoms with Gasteiger partial charge in [-0.1, -0.05) is 0 Å². The van der Waals surface area contributed by atoms with Gasteiger partial charge in [0.25, 0.3) is 0 Å². The SMILES string of the molecule is CN1CCN(CC(=O)Nc2ccc(N)cc2)C(=O)C1=O. The van der Waals surface area contributed by atoms with Crippen LogP contribution in [0, 0.1) is 0 Å². The molecule has 1 saturated heterocycles. The molecule has 1 fully saturated rings. The third kappa shape index (κ3) is 3.05. The van der Waals surface area contributed by atoms with Gasteiger partial charge in [0, 0.05) is 31.5 Å². The Bertz CT molecular complexity index is 541. The molecule has 0 aromatic heterocycles.